The van der Waals surface area contributed by atoms with Crippen molar-refractivity contribution in [3.05, 3.63) is 35.4 Å². The Balaban J connectivity index is 2.24. The first-order valence-corrected chi connectivity index (χ1v) is 5.97. The van der Waals surface area contributed by atoms with Gasteiger partial charge in [0.05, 0.1) is 11.2 Å². The van der Waals surface area contributed by atoms with Crippen LogP contribution in [0, 0.1) is 6.92 Å². The molecule has 0 aromatic carbocycles. The van der Waals surface area contributed by atoms with Gasteiger partial charge in [0, 0.05) is 18.5 Å². The van der Waals surface area contributed by atoms with Gasteiger partial charge in [0.15, 0.2) is 0 Å². The number of hydrogen-bond acceptors (Lipinski definition) is 2. The second-order valence-corrected chi connectivity index (χ2v) is 4.64. The normalized spacial score (nSPS) is 15.9. The van der Waals surface area contributed by atoms with Gasteiger partial charge in [0.2, 0.25) is 0 Å². The lowest BCUT2D eigenvalue weighted by atomic mass is 10.2. The molecule has 3 rings (SSSR count). The predicted octanol–water partition coefficient (Wildman–Crippen LogP) is 2.02. The van der Waals surface area contributed by atoms with Gasteiger partial charge in [-0.3, -0.25) is 0 Å². The maximum atomic E-state index is 5.65. The lowest BCUT2D eigenvalue weighted by Crippen LogP contribution is -2.03. The van der Waals surface area contributed by atoms with E-state index in [-0.39, 0.29) is 0 Å². The average Bonchev–Trinajstić information content (AvgIpc) is 3.04. The Hall–Kier alpha value is -1.35. The van der Waals surface area contributed by atoms with Crippen LogP contribution in [0.2, 0.25) is 0 Å². The van der Waals surface area contributed by atoms with E-state index in [1.165, 1.54) is 35.4 Å². The molecule has 3 nitrogen and oxygen atoms in total. The predicted molar refractivity (Wildman–Crippen MR) is 64.7 cm³/mol. The van der Waals surface area contributed by atoms with Crippen LogP contribution in [0.4, 0.5) is 0 Å². The zero-order chi connectivity index (χ0) is 11.1. The molecule has 1 aliphatic carbocycles. The van der Waals surface area contributed by atoms with Gasteiger partial charge in [-0.05, 0) is 37.9 Å². The monoisotopic (exact) mass is 215 g/mol. The second-order valence-electron chi connectivity index (χ2n) is 4.64. The Morgan fingerprint density at radius 2 is 2.31 bits per heavy atom. The molecule has 0 spiro atoms. The van der Waals surface area contributed by atoms with E-state index >= 15 is 0 Å². The van der Waals surface area contributed by atoms with Crippen molar-refractivity contribution in [2.75, 3.05) is 6.54 Å². The minimum Gasteiger partial charge on any atom is -0.330 e. The van der Waals surface area contributed by atoms with E-state index in [0.717, 1.165) is 6.42 Å². The number of pyridine rings is 1. The number of nitrogens with two attached hydrogens (primary N) is 1. The number of aromatic nitrogens is 2. The zero-order valence-electron chi connectivity index (χ0n) is 9.61. The summed E-state index contributed by atoms with van der Waals surface area (Å²) in [6, 6.07) is 4.25. The summed E-state index contributed by atoms with van der Waals surface area (Å²) in [7, 11) is 0. The molecule has 84 valence electrons. The SMILES string of the molecule is Cc1cccn2c(C3CC3)nc(CCN)c12. The topological polar surface area (TPSA) is 43.3 Å². The first-order valence-electron chi connectivity index (χ1n) is 5.97. The highest BCUT2D eigenvalue weighted by Gasteiger charge is 2.29. The molecule has 0 bridgehead atoms. The molecule has 0 aliphatic heterocycles. The fourth-order valence-corrected chi connectivity index (χ4v) is 2.36. The minimum atomic E-state index is 0.672. The fraction of sp³-hybridized carbons (Fsp3) is 0.462. The number of imidazole rings is 1. The van der Waals surface area contributed by atoms with Crippen molar-refractivity contribution in [1.82, 2.24) is 9.38 Å². The smallest absolute Gasteiger partial charge is 0.116 e. The van der Waals surface area contributed by atoms with Gasteiger partial charge in [-0.2, -0.15) is 0 Å². The molecular weight excluding hydrogens is 198 g/mol. The highest BCUT2D eigenvalue weighted by Crippen LogP contribution is 2.40. The summed E-state index contributed by atoms with van der Waals surface area (Å²) < 4.78 is 2.26. The van der Waals surface area contributed by atoms with Gasteiger partial charge < -0.3 is 10.1 Å². The van der Waals surface area contributed by atoms with Gasteiger partial charge in [-0.25, -0.2) is 4.98 Å². The Kier molecular flexibility index (Phi) is 2.21. The lowest BCUT2D eigenvalue weighted by molar-refractivity contribution is 0.891. The second kappa shape index (κ2) is 3.59. The Bertz CT molecular complexity index is 523. The van der Waals surface area contributed by atoms with E-state index in [1.54, 1.807) is 0 Å². The molecule has 2 heterocycles. The van der Waals surface area contributed by atoms with Crippen molar-refractivity contribution in [3.8, 4) is 0 Å². The standard InChI is InChI=1S/C13H17N3/c1-9-3-2-8-16-12(9)11(6-7-14)15-13(16)10-4-5-10/h2-3,8,10H,4-7,14H2,1H3. The Morgan fingerprint density at radius 1 is 1.50 bits per heavy atom. The molecule has 0 radical (unpaired) electrons. The maximum absolute atomic E-state index is 5.65. The van der Waals surface area contributed by atoms with Crippen molar-refractivity contribution in [2.24, 2.45) is 5.73 Å². The fourth-order valence-electron chi connectivity index (χ4n) is 2.36. The maximum Gasteiger partial charge on any atom is 0.116 e. The Morgan fingerprint density at radius 3 is 3.00 bits per heavy atom. The molecule has 0 atom stereocenters. The van der Waals surface area contributed by atoms with Crippen LogP contribution in [0.1, 0.15) is 35.8 Å². The van der Waals surface area contributed by atoms with E-state index in [0.29, 0.717) is 12.5 Å². The summed E-state index contributed by atoms with van der Waals surface area (Å²) in [4.78, 5) is 4.78. The molecule has 16 heavy (non-hydrogen) atoms. The van der Waals surface area contributed by atoms with Crippen LogP contribution >= 0.6 is 0 Å². The summed E-state index contributed by atoms with van der Waals surface area (Å²) >= 11 is 0. The molecule has 2 N–H and O–H groups in total. The van der Waals surface area contributed by atoms with Crippen LogP contribution in [0.25, 0.3) is 5.52 Å². The number of fused-ring (bicyclic) bond motifs is 1. The van der Waals surface area contributed by atoms with Crippen molar-refractivity contribution >= 4 is 5.52 Å². The summed E-state index contributed by atoms with van der Waals surface area (Å²) in [5, 5.41) is 0. The van der Waals surface area contributed by atoms with Crippen LogP contribution < -0.4 is 5.73 Å². The van der Waals surface area contributed by atoms with Gasteiger partial charge in [-0.15, -0.1) is 0 Å². The van der Waals surface area contributed by atoms with Crippen LogP contribution in [-0.2, 0) is 6.42 Å². The molecule has 1 fully saturated rings. The molecule has 2 aromatic rings. The zero-order valence-corrected chi connectivity index (χ0v) is 9.61. The minimum absolute atomic E-state index is 0.672. The van der Waals surface area contributed by atoms with Gasteiger partial charge in [0.1, 0.15) is 5.82 Å². The van der Waals surface area contributed by atoms with Crippen LogP contribution in [0.5, 0.6) is 0 Å². The van der Waals surface area contributed by atoms with Crippen molar-refractivity contribution in [3.63, 3.8) is 0 Å². The van der Waals surface area contributed by atoms with Crippen LogP contribution in [-0.4, -0.2) is 15.9 Å². The molecule has 0 amide bonds. The Labute approximate surface area is 95.3 Å². The summed E-state index contributed by atoms with van der Waals surface area (Å²) in [6.07, 6.45) is 5.58. The van der Waals surface area contributed by atoms with Gasteiger partial charge in [0.25, 0.3) is 0 Å². The first-order chi connectivity index (χ1) is 7.81. The van der Waals surface area contributed by atoms with Crippen LogP contribution in [0.15, 0.2) is 18.3 Å². The number of hydrogen-bond donors (Lipinski definition) is 1. The van der Waals surface area contributed by atoms with Crippen LogP contribution in [0.3, 0.4) is 0 Å². The number of aryl methyl sites for hydroxylation is 1. The first kappa shape index (κ1) is 9.85. The highest BCUT2D eigenvalue weighted by atomic mass is 15.0. The number of nitrogens with zero attached hydrogens (tertiary/aromatic N) is 2. The van der Waals surface area contributed by atoms with E-state index in [1.807, 2.05) is 0 Å². The quantitative estimate of drug-likeness (QED) is 0.851. The van der Waals surface area contributed by atoms with E-state index in [2.05, 4.69) is 29.7 Å². The van der Waals surface area contributed by atoms with Crippen molar-refractivity contribution in [2.45, 2.75) is 32.1 Å². The molecule has 3 heteroatoms. The molecule has 2 aromatic heterocycles. The molecule has 0 unspecified atom stereocenters. The largest absolute Gasteiger partial charge is 0.330 e. The molecular formula is C13H17N3. The molecule has 0 saturated heterocycles. The lowest BCUT2D eigenvalue weighted by Gasteiger charge is -2.01. The summed E-state index contributed by atoms with van der Waals surface area (Å²) in [6.45, 7) is 2.82. The highest BCUT2D eigenvalue weighted by molar-refractivity contribution is 5.60. The summed E-state index contributed by atoms with van der Waals surface area (Å²) in [5.41, 5.74) is 9.39. The molecule has 1 aliphatic rings. The third kappa shape index (κ3) is 1.43. The van der Waals surface area contributed by atoms with E-state index in [9.17, 15) is 0 Å². The van der Waals surface area contributed by atoms with Gasteiger partial charge in [-0.1, -0.05) is 6.07 Å². The van der Waals surface area contributed by atoms with E-state index < -0.39 is 0 Å². The molecule has 1 saturated carbocycles. The van der Waals surface area contributed by atoms with E-state index in [4.69, 9.17) is 10.7 Å². The van der Waals surface area contributed by atoms with Crippen molar-refractivity contribution < 1.29 is 0 Å². The third-order valence-corrected chi connectivity index (χ3v) is 3.29. The number of rotatable bonds is 3. The van der Waals surface area contributed by atoms with Gasteiger partial charge >= 0.3 is 0 Å². The summed E-state index contributed by atoms with van der Waals surface area (Å²) in [5.74, 6) is 1.92. The third-order valence-electron chi connectivity index (χ3n) is 3.29. The average molecular weight is 215 g/mol. The van der Waals surface area contributed by atoms with Crippen molar-refractivity contribution in [1.29, 1.82) is 0 Å².